The van der Waals surface area contributed by atoms with E-state index in [2.05, 4.69) is 10.1 Å². The van der Waals surface area contributed by atoms with Crippen molar-refractivity contribution in [3.8, 4) is 0 Å². The molecule has 0 fully saturated rings. The van der Waals surface area contributed by atoms with Crippen molar-refractivity contribution in [3.63, 3.8) is 0 Å². The van der Waals surface area contributed by atoms with Crippen LogP contribution in [-0.4, -0.2) is 23.4 Å². The summed E-state index contributed by atoms with van der Waals surface area (Å²) < 4.78 is 17.8. The number of carbonyl (C=O) groups excluding carboxylic acids is 2. The van der Waals surface area contributed by atoms with Crippen LogP contribution in [0.3, 0.4) is 0 Å². The minimum absolute atomic E-state index is 0.0365. The zero-order valence-corrected chi connectivity index (χ0v) is 10.7. The number of rotatable bonds is 6. The first-order valence-electron chi connectivity index (χ1n) is 5.83. The Kier molecular flexibility index (Phi) is 5.57. The lowest BCUT2D eigenvalue weighted by Crippen LogP contribution is -2.14. The van der Waals surface area contributed by atoms with Crippen LogP contribution in [0.25, 0.3) is 0 Å². The molecule has 0 aliphatic heterocycles. The number of hydrogen-bond acceptors (Lipinski definition) is 5. The number of nitro groups is 1. The van der Waals surface area contributed by atoms with E-state index in [-0.39, 0.29) is 25.1 Å². The standard InChI is InChI=1S/C12H13FN2O5/c1-2-20-12(17)4-3-11(16)14-9-5-8(13)6-10(7-9)15(18)19/h5-7H,2-4H2,1H3,(H,14,16). The second-order valence-corrected chi connectivity index (χ2v) is 3.81. The predicted octanol–water partition coefficient (Wildman–Crippen LogP) is 2.02. The molecule has 20 heavy (non-hydrogen) atoms. The summed E-state index contributed by atoms with van der Waals surface area (Å²) in [6.07, 6.45) is -0.264. The Morgan fingerprint density at radius 2 is 2.05 bits per heavy atom. The van der Waals surface area contributed by atoms with Crippen molar-refractivity contribution in [1.29, 1.82) is 0 Å². The summed E-state index contributed by atoms with van der Waals surface area (Å²) >= 11 is 0. The van der Waals surface area contributed by atoms with E-state index in [1.807, 2.05) is 0 Å². The Labute approximate surface area is 113 Å². The molecule has 0 unspecified atom stereocenters. The lowest BCUT2D eigenvalue weighted by molar-refractivity contribution is -0.385. The third-order valence-electron chi connectivity index (χ3n) is 2.24. The molecule has 0 spiro atoms. The maximum absolute atomic E-state index is 13.1. The molecule has 7 nitrogen and oxygen atoms in total. The first kappa shape index (κ1) is 15.5. The van der Waals surface area contributed by atoms with Gasteiger partial charge in [0, 0.05) is 12.5 Å². The van der Waals surface area contributed by atoms with E-state index < -0.39 is 28.3 Å². The normalized spacial score (nSPS) is 9.90. The lowest BCUT2D eigenvalue weighted by Gasteiger charge is -2.05. The van der Waals surface area contributed by atoms with Gasteiger partial charge in [-0.1, -0.05) is 0 Å². The van der Waals surface area contributed by atoms with Gasteiger partial charge in [-0.05, 0) is 13.0 Å². The van der Waals surface area contributed by atoms with Gasteiger partial charge in [0.15, 0.2) is 0 Å². The van der Waals surface area contributed by atoms with Crippen molar-refractivity contribution in [2.45, 2.75) is 19.8 Å². The zero-order chi connectivity index (χ0) is 15.1. The van der Waals surface area contributed by atoms with E-state index >= 15 is 0 Å². The van der Waals surface area contributed by atoms with Crippen molar-refractivity contribution in [2.75, 3.05) is 11.9 Å². The fourth-order valence-corrected chi connectivity index (χ4v) is 1.42. The average Bonchev–Trinajstić information content (AvgIpc) is 2.36. The van der Waals surface area contributed by atoms with Crippen molar-refractivity contribution in [2.24, 2.45) is 0 Å². The van der Waals surface area contributed by atoms with Gasteiger partial charge < -0.3 is 10.1 Å². The monoisotopic (exact) mass is 284 g/mol. The van der Waals surface area contributed by atoms with Gasteiger partial charge in [0.05, 0.1) is 29.7 Å². The molecule has 0 aromatic heterocycles. The van der Waals surface area contributed by atoms with Gasteiger partial charge in [0.2, 0.25) is 5.91 Å². The van der Waals surface area contributed by atoms with Gasteiger partial charge >= 0.3 is 5.97 Å². The first-order chi connectivity index (χ1) is 9.42. The highest BCUT2D eigenvalue weighted by atomic mass is 19.1. The highest BCUT2D eigenvalue weighted by Gasteiger charge is 2.12. The summed E-state index contributed by atoms with van der Waals surface area (Å²) in [6, 6.07) is 2.73. The number of benzene rings is 1. The minimum atomic E-state index is -0.833. The SMILES string of the molecule is CCOC(=O)CCC(=O)Nc1cc(F)cc([N+](=O)[O-])c1. The molecular formula is C12H13FN2O5. The fraction of sp³-hybridized carbons (Fsp3) is 0.333. The smallest absolute Gasteiger partial charge is 0.306 e. The number of anilines is 1. The third-order valence-corrected chi connectivity index (χ3v) is 2.24. The molecule has 0 atom stereocenters. The van der Waals surface area contributed by atoms with Crippen LogP contribution in [0.15, 0.2) is 18.2 Å². The van der Waals surface area contributed by atoms with Gasteiger partial charge in [0.25, 0.3) is 5.69 Å². The van der Waals surface area contributed by atoms with Crippen LogP contribution in [-0.2, 0) is 14.3 Å². The molecule has 1 aromatic rings. The van der Waals surface area contributed by atoms with Crippen LogP contribution in [0.4, 0.5) is 15.8 Å². The maximum Gasteiger partial charge on any atom is 0.306 e. The summed E-state index contributed by atoms with van der Waals surface area (Å²) in [7, 11) is 0. The van der Waals surface area contributed by atoms with Gasteiger partial charge in [-0.25, -0.2) is 4.39 Å². The predicted molar refractivity (Wildman–Crippen MR) is 67.6 cm³/mol. The number of carbonyl (C=O) groups is 2. The molecule has 1 aromatic carbocycles. The molecule has 0 aliphatic rings. The Morgan fingerprint density at radius 1 is 1.35 bits per heavy atom. The quantitative estimate of drug-likeness (QED) is 0.489. The fourth-order valence-electron chi connectivity index (χ4n) is 1.42. The van der Waals surface area contributed by atoms with Crippen LogP contribution >= 0.6 is 0 Å². The van der Waals surface area contributed by atoms with Gasteiger partial charge in [-0.3, -0.25) is 19.7 Å². The maximum atomic E-state index is 13.1. The van der Waals surface area contributed by atoms with E-state index in [1.54, 1.807) is 6.92 Å². The minimum Gasteiger partial charge on any atom is -0.466 e. The summed E-state index contributed by atoms with van der Waals surface area (Å²) in [5, 5.41) is 12.8. The summed E-state index contributed by atoms with van der Waals surface area (Å²) in [5.41, 5.74) is -0.503. The van der Waals surface area contributed by atoms with E-state index in [1.165, 1.54) is 0 Å². The van der Waals surface area contributed by atoms with Gasteiger partial charge in [0.1, 0.15) is 5.82 Å². The molecular weight excluding hydrogens is 271 g/mol. The summed E-state index contributed by atoms with van der Waals surface area (Å²) in [6.45, 7) is 1.86. The highest BCUT2D eigenvalue weighted by Crippen LogP contribution is 2.20. The van der Waals surface area contributed by atoms with E-state index in [0.29, 0.717) is 0 Å². The van der Waals surface area contributed by atoms with Gasteiger partial charge in [-0.15, -0.1) is 0 Å². The number of non-ortho nitro benzene ring substituents is 1. The Balaban J connectivity index is 2.62. The van der Waals surface area contributed by atoms with E-state index in [9.17, 15) is 24.1 Å². The molecule has 1 N–H and O–H groups in total. The number of nitrogens with one attached hydrogen (secondary N) is 1. The van der Waals surface area contributed by atoms with Crippen LogP contribution in [0.5, 0.6) is 0 Å². The lowest BCUT2D eigenvalue weighted by atomic mass is 10.2. The third kappa shape index (κ3) is 5.01. The topological polar surface area (TPSA) is 98.5 Å². The van der Waals surface area contributed by atoms with E-state index in [4.69, 9.17) is 0 Å². The Hall–Kier alpha value is -2.51. The number of esters is 1. The number of nitrogens with zero attached hydrogens (tertiary/aromatic N) is 1. The molecule has 1 amide bonds. The van der Waals surface area contributed by atoms with Crippen molar-refractivity contribution in [3.05, 3.63) is 34.1 Å². The van der Waals surface area contributed by atoms with Crippen LogP contribution in [0.1, 0.15) is 19.8 Å². The highest BCUT2D eigenvalue weighted by molar-refractivity contribution is 5.92. The zero-order valence-electron chi connectivity index (χ0n) is 10.7. The second-order valence-electron chi connectivity index (χ2n) is 3.81. The molecule has 0 radical (unpaired) electrons. The van der Waals surface area contributed by atoms with Crippen molar-refractivity contribution in [1.82, 2.24) is 0 Å². The molecule has 0 aliphatic carbocycles. The number of ether oxygens (including phenoxy) is 1. The summed E-state index contributed by atoms with van der Waals surface area (Å²) in [5.74, 6) is -1.91. The van der Waals surface area contributed by atoms with Crippen molar-refractivity contribution >= 4 is 23.3 Å². The molecule has 0 saturated carbocycles. The second kappa shape index (κ2) is 7.17. The molecule has 0 bridgehead atoms. The largest absolute Gasteiger partial charge is 0.466 e. The average molecular weight is 284 g/mol. The van der Waals surface area contributed by atoms with Crippen LogP contribution in [0, 0.1) is 15.9 Å². The van der Waals surface area contributed by atoms with E-state index in [0.717, 1.165) is 18.2 Å². The van der Waals surface area contributed by atoms with Crippen LogP contribution < -0.4 is 5.32 Å². The number of halogens is 1. The molecule has 108 valence electrons. The first-order valence-corrected chi connectivity index (χ1v) is 5.83. The number of hydrogen-bond donors (Lipinski definition) is 1. The number of nitro benzene ring substituents is 1. The van der Waals surface area contributed by atoms with Crippen molar-refractivity contribution < 1.29 is 23.6 Å². The molecule has 8 heteroatoms. The molecule has 0 heterocycles. The van der Waals surface area contributed by atoms with Gasteiger partial charge in [-0.2, -0.15) is 0 Å². The number of amides is 1. The Bertz CT molecular complexity index is 533. The Morgan fingerprint density at radius 3 is 2.65 bits per heavy atom. The molecule has 1 rings (SSSR count). The summed E-state index contributed by atoms with van der Waals surface area (Å²) in [4.78, 5) is 32.3. The molecule has 0 saturated heterocycles. The van der Waals surface area contributed by atoms with Crippen LogP contribution in [0.2, 0.25) is 0 Å².